The van der Waals surface area contributed by atoms with Crippen LogP contribution >= 0.6 is 34.5 Å². The molecule has 2 aromatic rings. The van der Waals surface area contributed by atoms with Gasteiger partial charge < -0.3 is 10.4 Å². The van der Waals surface area contributed by atoms with E-state index in [9.17, 15) is 9.90 Å². The minimum atomic E-state index is -0.350. The second kappa shape index (κ2) is 5.18. The summed E-state index contributed by atoms with van der Waals surface area (Å²) < 4.78 is 0.799. The number of aromatic hydroxyl groups is 1. The van der Waals surface area contributed by atoms with Gasteiger partial charge in [0.25, 0.3) is 5.91 Å². The number of anilines is 1. The van der Waals surface area contributed by atoms with Crippen LogP contribution in [0.15, 0.2) is 24.3 Å². The molecule has 0 atom stereocenters. The van der Waals surface area contributed by atoms with Crippen LogP contribution in [0.5, 0.6) is 5.75 Å². The van der Waals surface area contributed by atoms with Gasteiger partial charge in [-0.05, 0) is 25.1 Å². The standard InChI is InChI=1S/C12H9Cl2NO2S/c1-6-8(3-2-4-9(6)16)15-12(17)7-5-10(13)18-11(7)14/h2-5,16H,1H3,(H,15,17). The molecule has 1 aromatic heterocycles. The minimum absolute atomic E-state index is 0.127. The number of phenols is 1. The van der Waals surface area contributed by atoms with E-state index in [1.54, 1.807) is 25.1 Å². The van der Waals surface area contributed by atoms with Crippen LogP contribution in [0.1, 0.15) is 15.9 Å². The van der Waals surface area contributed by atoms with E-state index in [0.29, 0.717) is 25.5 Å². The van der Waals surface area contributed by atoms with Crippen molar-refractivity contribution in [3.63, 3.8) is 0 Å². The monoisotopic (exact) mass is 301 g/mol. The lowest BCUT2D eigenvalue weighted by Crippen LogP contribution is -2.12. The minimum Gasteiger partial charge on any atom is -0.508 e. The van der Waals surface area contributed by atoms with E-state index in [0.717, 1.165) is 11.3 Å². The molecule has 3 nitrogen and oxygen atoms in total. The number of phenolic OH excluding ortho intramolecular Hbond substituents is 1. The molecule has 18 heavy (non-hydrogen) atoms. The number of halogens is 2. The first-order valence-corrected chi connectivity index (χ1v) is 6.61. The zero-order chi connectivity index (χ0) is 13.3. The van der Waals surface area contributed by atoms with E-state index in [2.05, 4.69) is 5.32 Å². The number of hydrogen-bond acceptors (Lipinski definition) is 3. The van der Waals surface area contributed by atoms with Gasteiger partial charge in [-0.2, -0.15) is 0 Å². The van der Waals surface area contributed by atoms with Crippen molar-refractivity contribution in [3.8, 4) is 5.75 Å². The van der Waals surface area contributed by atoms with Gasteiger partial charge in [0.15, 0.2) is 0 Å². The zero-order valence-electron chi connectivity index (χ0n) is 9.33. The largest absolute Gasteiger partial charge is 0.508 e. The maximum absolute atomic E-state index is 12.0. The van der Waals surface area contributed by atoms with Crippen molar-refractivity contribution in [2.75, 3.05) is 5.32 Å². The number of carbonyl (C=O) groups excluding carboxylic acids is 1. The number of thiophene rings is 1. The van der Waals surface area contributed by atoms with Crippen molar-refractivity contribution in [3.05, 3.63) is 44.1 Å². The molecule has 0 spiro atoms. The molecular formula is C12H9Cl2NO2S. The second-order valence-corrected chi connectivity index (χ2v) is 5.93. The molecule has 0 aliphatic rings. The normalized spacial score (nSPS) is 10.4. The summed E-state index contributed by atoms with van der Waals surface area (Å²) in [5.41, 5.74) is 1.47. The van der Waals surface area contributed by atoms with Crippen LogP contribution in [0.4, 0.5) is 5.69 Å². The second-order valence-electron chi connectivity index (χ2n) is 3.64. The van der Waals surface area contributed by atoms with E-state index < -0.39 is 0 Å². The first-order chi connectivity index (χ1) is 8.49. The fourth-order valence-electron chi connectivity index (χ4n) is 1.44. The molecule has 1 amide bonds. The molecule has 1 heterocycles. The number of rotatable bonds is 2. The first-order valence-electron chi connectivity index (χ1n) is 5.04. The maximum Gasteiger partial charge on any atom is 0.258 e. The Kier molecular flexibility index (Phi) is 3.80. The Morgan fingerprint density at radius 2 is 2.11 bits per heavy atom. The highest BCUT2D eigenvalue weighted by atomic mass is 35.5. The lowest BCUT2D eigenvalue weighted by Gasteiger charge is -2.08. The molecule has 94 valence electrons. The Bertz CT molecular complexity index is 610. The summed E-state index contributed by atoms with van der Waals surface area (Å²) in [6.45, 7) is 1.72. The van der Waals surface area contributed by atoms with Crippen LogP contribution in [-0.4, -0.2) is 11.0 Å². The molecular weight excluding hydrogens is 293 g/mol. The van der Waals surface area contributed by atoms with Crippen molar-refractivity contribution in [1.82, 2.24) is 0 Å². The molecule has 1 aromatic carbocycles. The van der Waals surface area contributed by atoms with Gasteiger partial charge in [-0.1, -0.05) is 29.3 Å². The van der Waals surface area contributed by atoms with Crippen molar-refractivity contribution in [2.45, 2.75) is 6.92 Å². The molecule has 0 bridgehead atoms. The molecule has 0 radical (unpaired) electrons. The maximum atomic E-state index is 12.0. The van der Waals surface area contributed by atoms with Crippen LogP contribution in [0, 0.1) is 6.92 Å². The number of hydrogen-bond donors (Lipinski definition) is 2. The SMILES string of the molecule is Cc1c(O)cccc1NC(=O)c1cc(Cl)sc1Cl. The fraction of sp³-hybridized carbons (Fsp3) is 0.0833. The lowest BCUT2D eigenvalue weighted by molar-refractivity contribution is 0.102. The molecule has 0 saturated heterocycles. The number of carbonyl (C=O) groups is 1. The average Bonchev–Trinajstić information content (AvgIpc) is 2.64. The summed E-state index contributed by atoms with van der Waals surface area (Å²) >= 11 is 12.8. The molecule has 0 fully saturated rings. The predicted molar refractivity (Wildman–Crippen MR) is 75.1 cm³/mol. The summed E-state index contributed by atoms with van der Waals surface area (Å²) in [5, 5.41) is 12.2. The fourth-order valence-corrected chi connectivity index (χ4v) is 2.90. The van der Waals surface area contributed by atoms with Crippen molar-refractivity contribution in [2.24, 2.45) is 0 Å². The smallest absolute Gasteiger partial charge is 0.258 e. The quantitative estimate of drug-likeness (QED) is 0.868. The summed E-state index contributed by atoms with van der Waals surface area (Å²) in [4.78, 5) is 12.0. The van der Waals surface area contributed by atoms with Gasteiger partial charge >= 0.3 is 0 Å². The number of benzene rings is 1. The van der Waals surface area contributed by atoms with E-state index in [4.69, 9.17) is 23.2 Å². The van der Waals surface area contributed by atoms with E-state index in [1.807, 2.05) is 0 Å². The van der Waals surface area contributed by atoms with Gasteiger partial charge in [0, 0.05) is 11.3 Å². The summed E-state index contributed by atoms with van der Waals surface area (Å²) in [7, 11) is 0. The van der Waals surface area contributed by atoms with Crippen LogP contribution in [0.3, 0.4) is 0 Å². The summed E-state index contributed by atoms with van der Waals surface area (Å²) in [6.07, 6.45) is 0. The van der Waals surface area contributed by atoms with Crippen LogP contribution in [-0.2, 0) is 0 Å². The summed E-state index contributed by atoms with van der Waals surface area (Å²) in [5.74, 6) is -0.223. The highest BCUT2D eigenvalue weighted by Gasteiger charge is 2.15. The Hall–Kier alpha value is -1.23. The molecule has 0 aliphatic carbocycles. The highest BCUT2D eigenvalue weighted by Crippen LogP contribution is 2.32. The van der Waals surface area contributed by atoms with Gasteiger partial charge in [-0.3, -0.25) is 4.79 Å². The lowest BCUT2D eigenvalue weighted by atomic mass is 10.1. The van der Waals surface area contributed by atoms with Gasteiger partial charge in [0.1, 0.15) is 10.1 Å². The predicted octanol–water partition coefficient (Wildman–Crippen LogP) is 4.32. The van der Waals surface area contributed by atoms with Gasteiger partial charge in [-0.15, -0.1) is 11.3 Å². The van der Waals surface area contributed by atoms with Crippen LogP contribution in [0.25, 0.3) is 0 Å². The number of amides is 1. The zero-order valence-corrected chi connectivity index (χ0v) is 11.7. The number of nitrogens with one attached hydrogen (secondary N) is 1. The van der Waals surface area contributed by atoms with Crippen LogP contribution in [0.2, 0.25) is 8.67 Å². The van der Waals surface area contributed by atoms with Crippen LogP contribution < -0.4 is 5.32 Å². The van der Waals surface area contributed by atoms with Gasteiger partial charge in [0.2, 0.25) is 0 Å². The third-order valence-corrected chi connectivity index (χ3v) is 3.94. The van der Waals surface area contributed by atoms with Crippen molar-refractivity contribution < 1.29 is 9.90 Å². The Labute approximate surface area is 118 Å². The first kappa shape index (κ1) is 13.2. The third kappa shape index (κ3) is 2.61. The summed E-state index contributed by atoms with van der Waals surface area (Å²) in [6, 6.07) is 6.43. The average molecular weight is 302 g/mol. The molecule has 0 saturated carbocycles. The Morgan fingerprint density at radius 3 is 2.72 bits per heavy atom. The Balaban J connectivity index is 2.27. The Morgan fingerprint density at radius 1 is 1.39 bits per heavy atom. The van der Waals surface area contributed by atoms with E-state index >= 15 is 0 Å². The molecule has 0 aliphatic heterocycles. The third-order valence-electron chi connectivity index (χ3n) is 2.45. The highest BCUT2D eigenvalue weighted by molar-refractivity contribution is 7.20. The van der Waals surface area contributed by atoms with Gasteiger partial charge in [0.05, 0.1) is 9.90 Å². The van der Waals surface area contributed by atoms with E-state index in [-0.39, 0.29) is 11.7 Å². The molecule has 2 N–H and O–H groups in total. The molecule has 0 unspecified atom stereocenters. The molecule has 6 heteroatoms. The van der Waals surface area contributed by atoms with Crippen molar-refractivity contribution in [1.29, 1.82) is 0 Å². The molecule has 2 rings (SSSR count). The van der Waals surface area contributed by atoms with Crippen molar-refractivity contribution >= 4 is 46.1 Å². The van der Waals surface area contributed by atoms with Gasteiger partial charge in [-0.25, -0.2) is 0 Å². The topological polar surface area (TPSA) is 49.3 Å². The van der Waals surface area contributed by atoms with E-state index in [1.165, 1.54) is 6.07 Å².